The molecular weight excluding hydrogens is 357 g/mol. The van der Waals surface area contributed by atoms with Crippen LogP contribution in [0, 0.1) is 5.82 Å². The molecule has 2 heterocycles. The van der Waals surface area contributed by atoms with Crippen molar-refractivity contribution in [3.05, 3.63) is 59.1 Å². The summed E-state index contributed by atoms with van der Waals surface area (Å²) in [5, 5.41) is 2.72. The highest BCUT2D eigenvalue weighted by Gasteiger charge is 2.23. The number of halogens is 2. The third-order valence-electron chi connectivity index (χ3n) is 4.67. The van der Waals surface area contributed by atoms with Crippen molar-refractivity contribution >= 4 is 23.4 Å². The van der Waals surface area contributed by atoms with Gasteiger partial charge in [-0.1, -0.05) is 11.6 Å². The van der Waals surface area contributed by atoms with Gasteiger partial charge in [-0.2, -0.15) is 0 Å². The smallest absolute Gasteiger partial charge is 0.252 e. The van der Waals surface area contributed by atoms with Crippen molar-refractivity contribution < 1.29 is 14.0 Å². The summed E-state index contributed by atoms with van der Waals surface area (Å²) in [4.78, 5) is 26.2. The maximum atomic E-state index is 13.0. The lowest BCUT2D eigenvalue weighted by Gasteiger charge is -2.33. The Hall–Kier alpha value is -2.34. The minimum Gasteiger partial charge on any atom is -0.351 e. The number of hydrogen-bond acceptors (Lipinski definition) is 2. The molecule has 2 aromatic rings. The first kappa shape index (κ1) is 18.5. The van der Waals surface area contributed by atoms with Gasteiger partial charge in [-0.3, -0.25) is 9.59 Å². The quantitative estimate of drug-likeness (QED) is 0.869. The molecule has 1 saturated heterocycles. The molecule has 7 heteroatoms. The Morgan fingerprint density at radius 1 is 1.19 bits per heavy atom. The van der Waals surface area contributed by atoms with Gasteiger partial charge in [-0.05, 0) is 43.2 Å². The van der Waals surface area contributed by atoms with E-state index in [4.69, 9.17) is 11.6 Å². The van der Waals surface area contributed by atoms with Gasteiger partial charge < -0.3 is 14.8 Å². The lowest BCUT2D eigenvalue weighted by molar-refractivity contribution is -0.132. The standard InChI is InChI=1S/C19H21ClFN3O2/c20-17-13-14(21)3-4-16(17)19(26)22-8-5-18(25)24-11-6-15(7-12-24)23-9-1-2-10-23/h1-4,9-10,13,15H,5-8,11-12H2,(H,22,26). The third-order valence-corrected chi connectivity index (χ3v) is 4.98. The number of piperidine rings is 1. The monoisotopic (exact) mass is 377 g/mol. The minimum atomic E-state index is -0.495. The van der Waals surface area contributed by atoms with Gasteiger partial charge in [0.15, 0.2) is 0 Å². The first-order valence-electron chi connectivity index (χ1n) is 8.68. The van der Waals surface area contributed by atoms with Crippen LogP contribution in [-0.2, 0) is 4.79 Å². The van der Waals surface area contributed by atoms with Gasteiger partial charge in [-0.15, -0.1) is 0 Å². The number of benzene rings is 1. The number of hydrogen-bond donors (Lipinski definition) is 1. The summed E-state index contributed by atoms with van der Waals surface area (Å²) < 4.78 is 15.2. The number of rotatable bonds is 5. The average Bonchev–Trinajstić information content (AvgIpc) is 3.16. The Labute approximate surface area is 156 Å². The molecule has 0 radical (unpaired) electrons. The second-order valence-electron chi connectivity index (χ2n) is 6.37. The topological polar surface area (TPSA) is 54.3 Å². The molecule has 1 aromatic carbocycles. The van der Waals surface area contributed by atoms with Crippen molar-refractivity contribution in [3.8, 4) is 0 Å². The second-order valence-corrected chi connectivity index (χ2v) is 6.78. The van der Waals surface area contributed by atoms with Gasteiger partial charge >= 0.3 is 0 Å². The van der Waals surface area contributed by atoms with E-state index < -0.39 is 11.7 Å². The molecule has 26 heavy (non-hydrogen) atoms. The van der Waals surface area contributed by atoms with Gasteiger partial charge in [0.25, 0.3) is 5.91 Å². The lowest BCUT2D eigenvalue weighted by Crippen LogP contribution is -2.40. The molecule has 2 amide bonds. The first-order chi connectivity index (χ1) is 12.5. The molecule has 0 unspecified atom stereocenters. The summed E-state index contributed by atoms with van der Waals surface area (Å²) in [6.45, 7) is 1.67. The molecule has 5 nitrogen and oxygen atoms in total. The number of nitrogens with one attached hydrogen (secondary N) is 1. The number of amides is 2. The molecule has 3 rings (SSSR count). The zero-order valence-corrected chi connectivity index (χ0v) is 15.1. The van der Waals surface area contributed by atoms with E-state index in [0.717, 1.165) is 32.0 Å². The molecule has 0 aliphatic carbocycles. The van der Waals surface area contributed by atoms with Crippen LogP contribution < -0.4 is 5.32 Å². The van der Waals surface area contributed by atoms with Crippen LogP contribution in [0.3, 0.4) is 0 Å². The fourth-order valence-corrected chi connectivity index (χ4v) is 3.47. The Bertz CT molecular complexity index is 771. The highest BCUT2D eigenvalue weighted by molar-refractivity contribution is 6.33. The van der Waals surface area contributed by atoms with Crippen LogP contribution in [0.2, 0.25) is 5.02 Å². The summed E-state index contributed by atoms with van der Waals surface area (Å²) in [5.74, 6) is -0.874. The largest absolute Gasteiger partial charge is 0.351 e. The van der Waals surface area contributed by atoms with Crippen LogP contribution in [0.5, 0.6) is 0 Å². The van der Waals surface area contributed by atoms with Crippen molar-refractivity contribution in [1.29, 1.82) is 0 Å². The maximum Gasteiger partial charge on any atom is 0.252 e. The predicted molar refractivity (Wildman–Crippen MR) is 97.6 cm³/mol. The van der Waals surface area contributed by atoms with E-state index >= 15 is 0 Å². The van der Waals surface area contributed by atoms with Crippen LogP contribution >= 0.6 is 11.6 Å². The Morgan fingerprint density at radius 3 is 2.54 bits per heavy atom. The Balaban J connectivity index is 1.42. The minimum absolute atomic E-state index is 0.0291. The van der Waals surface area contributed by atoms with Gasteiger partial charge in [-0.25, -0.2) is 4.39 Å². The zero-order chi connectivity index (χ0) is 18.5. The van der Waals surface area contributed by atoms with E-state index in [1.807, 2.05) is 17.0 Å². The number of nitrogens with zero attached hydrogens (tertiary/aromatic N) is 2. The summed E-state index contributed by atoms with van der Waals surface area (Å²) in [6.07, 6.45) is 6.20. The SMILES string of the molecule is O=C(NCCC(=O)N1CCC(n2cccc2)CC1)c1ccc(F)cc1Cl. The average molecular weight is 378 g/mol. The molecule has 138 valence electrons. The summed E-state index contributed by atoms with van der Waals surface area (Å²) in [7, 11) is 0. The molecule has 1 aromatic heterocycles. The van der Waals surface area contributed by atoms with Crippen molar-refractivity contribution in [2.45, 2.75) is 25.3 Å². The Morgan fingerprint density at radius 2 is 1.88 bits per heavy atom. The van der Waals surface area contributed by atoms with Gasteiger partial charge in [0.05, 0.1) is 10.6 Å². The van der Waals surface area contributed by atoms with Crippen molar-refractivity contribution in [2.24, 2.45) is 0 Å². The lowest BCUT2D eigenvalue weighted by atomic mass is 10.0. The second kappa shape index (κ2) is 8.36. The fourth-order valence-electron chi connectivity index (χ4n) is 3.21. The van der Waals surface area contributed by atoms with E-state index in [-0.39, 0.29) is 29.5 Å². The van der Waals surface area contributed by atoms with Crippen LogP contribution in [-0.4, -0.2) is 40.9 Å². The molecule has 0 spiro atoms. The normalized spacial score (nSPS) is 15.1. The van der Waals surface area contributed by atoms with Gasteiger partial charge in [0.1, 0.15) is 5.82 Å². The fraction of sp³-hybridized carbons (Fsp3) is 0.368. The molecule has 1 fully saturated rings. The number of likely N-dealkylation sites (tertiary alicyclic amines) is 1. The molecule has 1 aliphatic rings. The molecule has 1 N–H and O–H groups in total. The van der Waals surface area contributed by atoms with E-state index in [2.05, 4.69) is 22.3 Å². The first-order valence-corrected chi connectivity index (χ1v) is 9.06. The van der Waals surface area contributed by atoms with Gasteiger partial charge in [0.2, 0.25) is 5.91 Å². The number of carbonyl (C=O) groups excluding carboxylic acids is 2. The summed E-state index contributed by atoms with van der Waals surface area (Å²) in [5.41, 5.74) is 0.202. The highest BCUT2D eigenvalue weighted by atomic mass is 35.5. The van der Waals surface area contributed by atoms with Gasteiger partial charge in [0, 0.05) is 44.5 Å². The predicted octanol–water partition coefficient (Wildman–Crippen LogP) is 3.26. The van der Waals surface area contributed by atoms with Crippen molar-refractivity contribution in [1.82, 2.24) is 14.8 Å². The van der Waals surface area contributed by atoms with E-state index in [1.54, 1.807) is 0 Å². The zero-order valence-electron chi connectivity index (χ0n) is 14.3. The highest BCUT2D eigenvalue weighted by Crippen LogP contribution is 2.22. The molecular formula is C19H21ClFN3O2. The molecule has 0 atom stereocenters. The van der Waals surface area contributed by atoms with E-state index in [0.29, 0.717) is 6.04 Å². The number of aromatic nitrogens is 1. The number of carbonyl (C=O) groups is 2. The van der Waals surface area contributed by atoms with Crippen LogP contribution in [0.15, 0.2) is 42.7 Å². The summed E-state index contributed by atoms with van der Waals surface area (Å²) >= 11 is 5.87. The molecule has 0 saturated carbocycles. The Kier molecular flexibility index (Phi) is 5.93. The van der Waals surface area contributed by atoms with Crippen molar-refractivity contribution in [3.63, 3.8) is 0 Å². The molecule has 1 aliphatic heterocycles. The van der Waals surface area contributed by atoms with Crippen LogP contribution in [0.4, 0.5) is 4.39 Å². The maximum absolute atomic E-state index is 13.0. The summed E-state index contributed by atoms with van der Waals surface area (Å²) in [6, 6.07) is 8.06. The van der Waals surface area contributed by atoms with E-state index in [9.17, 15) is 14.0 Å². The van der Waals surface area contributed by atoms with Crippen LogP contribution in [0.25, 0.3) is 0 Å². The van der Waals surface area contributed by atoms with E-state index in [1.165, 1.54) is 12.1 Å². The van der Waals surface area contributed by atoms with Crippen molar-refractivity contribution in [2.75, 3.05) is 19.6 Å². The third kappa shape index (κ3) is 4.43. The molecule has 0 bridgehead atoms. The van der Waals surface area contributed by atoms with Crippen LogP contribution in [0.1, 0.15) is 35.7 Å².